The summed E-state index contributed by atoms with van der Waals surface area (Å²) in [5, 5.41) is 3.41. The van der Waals surface area contributed by atoms with Crippen LogP contribution >= 0.6 is 0 Å². The molecule has 1 saturated heterocycles. The Labute approximate surface area is 117 Å². The van der Waals surface area contributed by atoms with E-state index in [-0.39, 0.29) is 6.04 Å². The normalized spacial score (nSPS) is 18.7. The molecule has 1 aromatic rings. The lowest BCUT2D eigenvalue weighted by atomic mass is 9.88. The van der Waals surface area contributed by atoms with Crippen LogP contribution in [0.4, 0.5) is 0 Å². The van der Waals surface area contributed by atoms with Gasteiger partial charge in [-0.05, 0) is 61.7 Å². The largest absolute Gasteiger partial charge is 0.324 e. The quantitative estimate of drug-likeness (QED) is 0.852. The molecule has 0 radical (unpaired) electrons. The lowest BCUT2D eigenvalue weighted by Gasteiger charge is -2.25. The van der Waals surface area contributed by atoms with Crippen molar-refractivity contribution in [3.8, 4) is 0 Å². The number of benzene rings is 1. The maximum Gasteiger partial charge on any atom is 0.0297 e. The second-order valence-corrected chi connectivity index (χ2v) is 6.38. The van der Waals surface area contributed by atoms with E-state index in [1.54, 1.807) is 0 Å². The maximum absolute atomic E-state index is 6.36. The summed E-state index contributed by atoms with van der Waals surface area (Å²) in [5.41, 5.74) is 9.08. The van der Waals surface area contributed by atoms with Crippen LogP contribution in [-0.4, -0.2) is 13.1 Å². The van der Waals surface area contributed by atoms with Gasteiger partial charge in [-0.15, -0.1) is 0 Å². The van der Waals surface area contributed by atoms with E-state index in [4.69, 9.17) is 5.73 Å². The molecule has 0 saturated carbocycles. The Morgan fingerprint density at radius 2 is 1.79 bits per heavy atom. The van der Waals surface area contributed by atoms with Crippen LogP contribution in [0.25, 0.3) is 0 Å². The fraction of sp³-hybridized carbons (Fsp3) is 0.647. The van der Waals surface area contributed by atoms with E-state index in [1.807, 2.05) is 0 Å². The molecule has 0 aliphatic carbocycles. The first-order chi connectivity index (χ1) is 9.15. The average Bonchev–Trinajstić information content (AvgIpc) is 2.40. The van der Waals surface area contributed by atoms with E-state index in [0.29, 0.717) is 5.92 Å². The third kappa shape index (κ3) is 4.63. The third-order valence-corrected chi connectivity index (χ3v) is 4.10. The first-order valence-electron chi connectivity index (χ1n) is 7.70. The van der Waals surface area contributed by atoms with Crippen LogP contribution in [0.3, 0.4) is 0 Å². The Bertz CT molecular complexity index is 363. The van der Waals surface area contributed by atoms with Crippen molar-refractivity contribution in [2.45, 2.75) is 45.6 Å². The Morgan fingerprint density at radius 3 is 2.37 bits per heavy atom. The van der Waals surface area contributed by atoms with Gasteiger partial charge in [0.1, 0.15) is 0 Å². The van der Waals surface area contributed by atoms with Gasteiger partial charge in [-0.2, -0.15) is 0 Å². The molecule has 1 unspecified atom stereocenters. The van der Waals surface area contributed by atoms with Gasteiger partial charge in [-0.3, -0.25) is 0 Å². The highest BCUT2D eigenvalue weighted by Crippen LogP contribution is 2.25. The number of hydrogen-bond donors (Lipinski definition) is 2. The van der Waals surface area contributed by atoms with Crippen molar-refractivity contribution in [1.82, 2.24) is 5.32 Å². The number of piperidine rings is 1. The molecule has 2 heteroatoms. The van der Waals surface area contributed by atoms with Crippen LogP contribution in [0, 0.1) is 11.8 Å². The van der Waals surface area contributed by atoms with Crippen LogP contribution < -0.4 is 11.1 Å². The van der Waals surface area contributed by atoms with Gasteiger partial charge < -0.3 is 11.1 Å². The van der Waals surface area contributed by atoms with Crippen LogP contribution in [0.2, 0.25) is 0 Å². The van der Waals surface area contributed by atoms with Crippen LogP contribution in [0.1, 0.15) is 50.3 Å². The predicted octanol–water partition coefficient (Wildman–Crippen LogP) is 3.27. The summed E-state index contributed by atoms with van der Waals surface area (Å²) < 4.78 is 0. The first-order valence-corrected chi connectivity index (χ1v) is 7.70. The highest BCUT2D eigenvalue weighted by molar-refractivity contribution is 5.25. The fourth-order valence-electron chi connectivity index (χ4n) is 2.98. The van der Waals surface area contributed by atoms with Crippen LogP contribution in [0.15, 0.2) is 24.3 Å². The number of nitrogens with one attached hydrogen (secondary N) is 1. The molecule has 106 valence electrons. The van der Waals surface area contributed by atoms with Gasteiger partial charge in [0.2, 0.25) is 0 Å². The second-order valence-electron chi connectivity index (χ2n) is 6.38. The summed E-state index contributed by atoms with van der Waals surface area (Å²) >= 11 is 0. The van der Waals surface area contributed by atoms with Gasteiger partial charge in [-0.1, -0.05) is 38.1 Å². The predicted molar refractivity (Wildman–Crippen MR) is 82.1 cm³/mol. The van der Waals surface area contributed by atoms with Crippen LogP contribution in [0.5, 0.6) is 0 Å². The van der Waals surface area contributed by atoms with Crippen molar-refractivity contribution in [1.29, 1.82) is 0 Å². The summed E-state index contributed by atoms with van der Waals surface area (Å²) in [6.07, 6.45) is 4.84. The Morgan fingerprint density at radius 1 is 1.16 bits per heavy atom. The van der Waals surface area contributed by atoms with Crippen LogP contribution in [-0.2, 0) is 6.42 Å². The van der Waals surface area contributed by atoms with Gasteiger partial charge in [0.15, 0.2) is 0 Å². The molecule has 1 fully saturated rings. The first kappa shape index (κ1) is 14.5. The molecule has 2 nitrogen and oxygen atoms in total. The molecule has 0 bridgehead atoms. The van der Waals surface area contributed by atoms with Gasteiger partial charge >= 0.3 is 0 Å². The monoisotopic (exact) mass is 260 g/mol. The van der Waals surface area contributed by atoms with Gasteiger partial charge in [0.05, 0.1) is 0 Å². The van der Waals surface area contributed by atoms with Crippen molar-refractivity contribution in [3.63, 3.8) is 0 Å². The zero-order valence-electron chi connectivity index (χ0n) is 12.4. The van der Waals surface area contributed by atoms with E-state index >= 15 is 0 Å². The minimum atomic E-state index is 0.205. The van der Waals surface area contributed by atoms with E-state index in [2.05, 4.69) is 43.4 Å². The molecule has 3 N–H and O–H groups in total. The number of rotatable bonds is 5. The minimum absolute atomic E-state index is 0.205. The second kappa shape index (κ2) is 7.06. The van der Waals surface area contributed by atoms with Crippen molar-refractivity contribution < 1.29 is 0 Å². The number of hydrogen-bond acceptors (Lipinski definition) is 2. The summed E-state index contributed by atoms with van der Waals surface area (Å²) in [6.45, 7) is 6.84. The SMILES string of the molecule is CC(C)Cc1ccc(C(N)CC2CCNCC2)cc1. The molecule has 1 atom stereocenters. The van der Waals surface area contributed by atoms with Gasteiger partial charge in [0, 0.05) is 6.04 Å². The zero-order chi connectivity index (χ0) is 13.7. The molecule has 1 aromatic carbocycles. The van der Waals surface area contributed by atoms with Crippen molar-refractivity contribution in [2.75, 3.05) is 13.1 Å². The Balaban J connectivity index is 1.89. The molecule has 1 heterocycles. The molecule has 1 aliphatic heterocycles. The zero-order valence-corrected chi connectivity index (χ0v) is 12.4. The topological polar surface area (TPSA) is 38.0 Å². The molecule has 0 spiro atoms. The molecule has 0 aromatic heterocycles. The summed E-state index contributed by atoms with van der Waals surface area (Å²) in [5.74, 6) is 1.51. The van der Waals surface area contributed by atoms with E-state index in [0.717, 1.165) is 31.8 Å². The van der Waals surface area contributed by atoms with Crippen molar-refractivity contribution in [2.24, 2.45) is 17.6 Å². The van der Waals surface area contributed by atoms with Gasteiger partial charge in [-0.25, -0.2) is 0 Å². The van der Waals surface area contributed by atoms with Gasteiger partial charge in [0.25, 0.3) is 0 Å². The number of nitrogens with two attached hydrogens (primary N) is 1. The van der Waals surface area contributed by atoms with Crippen molar-refractivity contribution >= 4 is 0 Å². The molecule has 1 aliphatic rings. The van der Waals surface area contributed by atoms with E-state index < -0.39 is 0 Å². The maximum atomic E-state index is 6.36. The summed E-state index contributed by atoms with van der Waals surface area (Å²) in [6, 6.07) is 9.15. The fourth-order valence-corrected chi connectivity index (χ4v) is 2.98. The van der Waals surface area contributed by atoms with E-state index in [1.165, 1.54) is 24.0 Å². The Hall–Kier alpha value is -0.860. The third-order valence-electron chi connectivity index (χ3n) is 4.10. The molecular formula is C17H28N2. The lowest BCUT2D eigenvalue weighted by Crippen LogP contribution is -2.29. The molecular weight excluding hydrogens is 232 g/mol. The Kier molecular flexibility index (Phi) is 5.41. The minimum Gasteiger partial charge on any atom is -0.324 e. The highest BCUT2D eigenvalue weighted by Gasteiger charge is 2.17. The molecule has 2 rings (SSSR count). The highest BCUT2D eigenvalue weighted by atomic mass is 14.9. The average molecular weight is 260 g/mol. The lowest BCUT2D eigenvalue weighted by molar-refractivity contribution is 0.333. The van der Waals surface area contributed by atoms with E-state index in [9.17, 15) is 0 Å². The smallest absolute Gasteiger partial charge is 0.0297 e. The summed E-state index contributed by atoms with van der Waals surface area (Å²) in [4.78, 5) is 0. The molecule has 0 amide bonds. The van der Waals surface area contributed by atoms with Crippen molar-refractivity contribution in [3.05, 3.63) is 35.4 Å². The molecule has 19 heavy (non-hydrogen) atoms. The summed E-state index contributed by atoms with van der Waals surface area (Å²) in [7, 11) is 0. The standard InChI is InChI=1S/C17H28N2/c1-13(2)11-14-3-5-16(6-4-14)17(18)12-15-7-9-19-10-8-15/h3-6,13,15,17,19H,7-12,18H2,1-2H3.